The Labute approximate surface area is 351 Å². The summed E-state index contributed by atoms with van der Waals surface area (Å²) in [5.74, 6) is -0.480. The zero-order valence-electron chi connectivity index (χ0n) is 36.4. The second kappa shape index (κ2) is 36.5. The van der Waals surface area contributed by atoms with E-state index in [1.54, 1.807) is 0 Å². The molecule has 58 heavy (non-hydrogen) atoms. The normalized spacial score (nSPS) is 22.8. The number of aliphatic hydroxyl groups excluding tert-OH is 5. The van der Waals surface area contributed by atoms with Crippen LogP contribution in [0.4, 0.5) is 0 Å². The summed E-state index contributed by atoms with van der Waals surface area (Å²) in [5, 5.41) is 50.1. The van der Waals surface area contributed by atoms with Crippen molar-refractivity contribution in [3.63, 3.8) is 0 Å². The van der Waals surface area contributed by atoms with E-state index >= 15 is 0 Å². The van der Waals surface area contributed by atoms with Crippen LogP contribution in [-0.4, -0.2) is 98.9 Å². The molecule has 6 N–H and O–H groups in total. The van der Waals surface area contributed by atoms with Crippen molar-refractivity contribution in [3.8, 4) is 0 Å². The van der Waals surface area contributed by atoms with Crippen molar-refractivity contribution in [2.45, 2.75) is 236 Å². The molecule has 13 heteroatoms. The maximum Gasteiger partial charge on any atom is 0.472 e. The van der Waals surface area contributed by atoms with Crippen LogP contribution in [0.15, 0.2) is 24.3 Å². The number of esters is 1. The third-order valence-electron chi connectivity index (χ3n) is 10.8. The highest BCUT2D eigenvalue weighted by molar-refractivity contribution is 7.47. The molecule has 1 aliphatic carbocycles. The Hall–Kier alpha value is -1.18. The lowest BCUT2D eigenvalue weighted by molar-refractivity contribution is -0.220. The summed E-state index contributed by atoms with van der Waals surface area (Å²) >= 11 is 0. The number of hydrogen-bond acceptors (Lipinski definition) is 11. The molecule has 0 aromatic heterocycles. The van der Waals surface area contributed by atoms with Crippen molar-refractivity contribution in [1.82, 2.24) is 0 Å². The zero-order valence-corrected chi connectivity index (χ0v) is 37.2. The second-order valence-corrected chi connectivity index (χ2v) is 17.7. The van der Waals surface area contributed by atoms with Crippen LogP contribution in [0.1, 0.15) is 194 Å². The summed E-state index contributed by atoms with van der Waals surface area (Å²) in [6.45, 7) is 4.24. The molecule has 0 aliphatic heterocycles. The van der Waals surface area contributed by atoms with E-state index in [9.17, 15) is 39.8 Å². The first-order valence-electron chi connectivity index (χ1n) is 23.2. The molecule has 1 aliphatic rings. The number of carbonyl (C=O) groups is 1. The monoisotopic (exact) mass is 849 g/mol. The zero-order chi connectivity index (χ0) is 42.7. The average molecular weight is 849 g/mol. The number of carbonyl (C=O) groups excluding carboxylic acids is 1. The second-order valence-electron chi connectivity index (χ2n) is 16.3. The van der Waals surface area contributed by atoms with Gasteiger partial charge in [0.05, 0.1) is 13.2 Å². The highest BCUT2D eigenvalue weighted by Gasteiger charge is 2.51. The van der Waals surface area contributed by atoms with Gasteiger partial charge in [-0.2, -0.15) is 0 Å². The van der Waals surface area contributed by atoms with E-state index in [0.717, 1.165) is 51.4 Å². The molecule has 0 heterocycles. The Bertz CT molecular complexity index is 1060. The molecule has 0 bridgehead atoms. The van der Waals surface area contributed by atoms with Crippen LogP contribution in [0.2, 0.25) is 0 Å². The van der Waals surface area contributed by atoms with Crippen LogP contribution in [0.3, 0.4) is 0 Å². The van der Waals surface area contributed by atoms with Crippen molar-refractivity contribution in [2.75, 3.05) is 19.8 Å². The fourth-order valence-electron chi connectivity index (χ4n) is 7.09. The largest absolute Gasteiger partial charge is 0.472 e. The number of hydrogen-bond donors (Lipinski definition) is 6. The van der Waals surface area contributed by atoms with Crippen molar-refractivity contribution in [2.24, 2.45) is 0 Å². The lowest BCUT2D eigenvalue weighted by Crippen LogP contribution is -2.64. The van der Waals surface area contributed by atoms with Gasteiger partial charge in [0.25, 0.3) is 0 Å². The van der Waals surface area contributed by atoms with E-state index < -0.39 is 63.1 Å². The van der Waals surface area contributed by atoms with Crippen LogP contribution in [-0.2, 0) is 27.9 Å². The van der Waals surface area contributed by atoms with Crippen LogP contribution in [0.25, 0.3) is 0 Å². The molecular formula is C45H85O12P. The molecule has 1 saturated carbocycles. The number of aliphatic hydroxyl groups is 5. The van der Waals surface area contributed by atoms with Gasteiger partial charge < -0.3 is 39.9 Å². The maximum absolute atomic E-state index is 12.8. The summed E-state index contributed by atoms with van der Waals surface area (Å²) < 4.78 is 34.2. The smallest absolute Gasteiger partial charge is 0.457 e. The molecule has 6 atom stereocenters. The molecule has 342 valence electrons. The maximum atomic E-state index is 12.8. The third-order valence-corrected chi connectivity index (χ3v) is 11.8. The van der Waals surface area contributed by atoms with Gasteiger partial charge in [-0.05, 0) is 44.9 Å². The van der Waals surface area contributed by atoms with Crippen LogP contribution < -0.4 is 0 Å². The standard InChI is InChI=1S/C45H85O12P/c1-3-5-7-9-11-13-15-17-18-19-20-21-22-23-24-26-28-30-32-34-39(46)56-38(36-54-35-33-31-29-27-25-16-14-12-10-8-6-4-2)37-55-58(52,53)57-45-43(50)41(48)40(47)42(49)44(45)51/h11,13,17-18,38,40-45,47-51H,3-10,12,14-16,19-37H2,1-2H3,(H,52,53)/b13-11-,18-17-. The average Bonchev–Trinajstić information content (AvgIpc) is 3.21. The van der Waals surface area contributed by atoms with E-state index in [1.165, 1.54) is 116 Å². The minimum Gasteiger partial charge on any atom is -0.457 e. The van der Waals surface area contributed by atoms with E-state index in [2.05, 4.69) is 38.2 Å². The van der Waals surface area contributed by atoms with Gasteiger partial charge in [0.15, 0.2) is 0 Å². The molecule has 0 spiro atoms. The molecule has 0 saturated heterocycles. The van der Waals surface area contributed by atoms with E-state index in [0.29, 0.717) is 13.0 Å². The minimum absolute atomic E-state index is 0.0745. The lowest BCUT2D eigenvalue weighted by Gasteiger charge is -2.41. The molecule has 0 aromatic rings. The van der Waals surface area contributed by atoms with Gasteiger partial charge in [0.1, 0.15) is 42.7 Å². The molecule has 0 aromatic carbocycles. The van der Waals surface area contributed by atoms with E-state index in [4.69, 9.17) is 18.5 Å². The van der Waals surface area contributed by atoms with Crippen molar-refractivity contribution in [1.29, 1.82) is 0 Å². The Kier molecular flexibility index (Phi) is 34.5. The molecule has 1 fully saturated rings. The summed E-state index contributed by atoms with van der Waals surface area (Å²) in [7, 11) is -5.01. The molecule has 6 unspecified atom stereocenters. The summed E-state index contributed by atoms with van der Waals surface area (Å²) in [5.41, 5.74) is 0. The Balaban J connectivity index is 2.37. The van der Waals surface area contributed by atoms with Gasteiger partial charge in [0.2, 0.25) is 0 Å². The van der Waals surface area contributed by atoms with Gasteiger partial charge >= 0.3 is 13.8 Å². The number of allylic oxidation sites excluding steroid dienone is 4. The fourth-order valence-corrected chi connectivity index (χ4v) is 8.06. The molecule has 1 rings (SSSR count). The van der Waals surface area contributed by atoms with Gasteiger partial charge in [-0.1, -0.05) is 167 Å². The van der Waals surface area contributed by atoms with Gasteiger partial charge in [0, 0.05) is 13.0 Å². The van der Waals surface area contributed by atoms with Gasteiger partial charge in [-0.25, -0.2) is 4.57 Å². The highest BCUT2D eigenvalue weighted by Crippen LogP contribution is 2.47. The van der Waals surface area contributed by atoms with Crippen LogP contribution in [0.5, 0.6) is 0 Å². The minimum atomic E-state index is -5.01. The van der Waals surface area contributed by atoms with Crippen molar-refractivity contribution < 1.29 is 58.3 Å². The lowest BCUT2D eigenvalue weighted by atomic mass is 9.85. The SMILES string of the molecule is CCCCC/C=C\C/C=C\CCCCCCCCCCCC(=O)OC(COCCCCCCCCCCCCCC)COP(=O)(O)OC1C(O)C(O)C(O)C(O)C1O. The molecule has 12 nitrogen and oxygen atoms in total. The van der Waals surface area contributed by atoms with Crippen molar-refractivity contribution in [3.05, 3.63) is 24.3 Å². The first-order chi connectivity index (χ1) is 28.0. The Morgan fingerprint density at radius 1 is 0.552 bits per heavy atom. The number of ether oxygens (including phenoxy) is 2. The predicted molar refractivity (Wildman–Crippen MR) is 230 cm³/mol. The summed E-state index contributed by atoms with van der Waals surface area (Å²) in [6.07, 6.45) is 28.1. The quantitative estimate of drug-likeness (QED) is 0.0149. The number of rotatable bonds is 39. The first-order valence-corrected chi connectivity index (χ1v) is 24.7. The van der Waals surface area contributed by atoms with E-state index in [1.807, 2.05) is 0 Å². The van der Waals surface area contributed by atoms with E-state index in [-0.39, 0.29) is 13.0 Å². The highest BCUT2D eigenvalue weighted by atomic mass is 31.2. The van der Waals surface area contributed by atoms with Crippen molar-refractivity contribution >= 4 is 13.8 Å². The fraction of sp³-hybridized carbons (Fsp3) is 0.889. The predicted octanol–water partition coefficient (Wildman–Crippen LogP) is 9.31. The summed E-state index contributed by atoms with van der Waals surface area (Å²) in [6, 6.07) is 0. The third kappa shape index (κ3) is 28.4. The van der Waals surface area contributed by atoms with Crippen LogP contribution in [0, 0.1) is 0 Å². The summed E-state index contributed by atoms with van der Waals surface area (Å²) in [4.78, 5) is 23.1. The van der Waals surface area contributed by atoms with Gasteiger partial charge in [-0.15, -0.1) is 0 Å². The Morgan fingerprint density at radius 3 is 1.48 bits per heavy atom. The molecule has 0 radical (unpaired) electrons. The van der Waals surface area contributed by atoms with Crippen LogP contribution >= 0.6 is 7.82 Å². The Morgan fingerprint density at radius 2 is 0.966 bits per heavy atom. The molecular weight excluding hydrogens is 763 g/mol. The molecule has 0 amide bonds. The number of phosphoric ester groups is 1. The number of phosphoric acid groups is 1. The first kappa shape index (κ1) is 54.8. The topological polar surface area (TPSA) is 192 Å². The number of unbranched alkanes of at least 4 members (excludes halogenated alkanes) is 23. The van der Waals surface area contributed by atoms with Gasteiger partial charge in [-0.3, -0.25) is 13.8 Å².